The van der Waals surface area contributed by atoms with E-state index in [1.165, 1.54) is 12.0 Å². The van der Waals surface area contributed by atoms with Crippen LogP contribution in [0.4, 0.5) is 0 Å². The molecule has 0 spiro atoms. The molecule has 2 aromatic rings. The van der Waals surface area contributed by atoms with Gasteiger partial charge in [0.2, 0.25) is 0 Å². The molecule has 1 atom stereocenters. The zero-order valence-corrected chi connectivity index (χ0v) is 16.8. The van der Waals surface area contributed by atoms with Crippen molar-refractivity contribution in [2.75, 3.05) is 0 Å². The van der Waals surface area contributed by atoms with Crippen molar-refractivity contribution in [1.29, 1.82) is 0 Å². The molecule has 1 aromatic carbocycles. The fourth-order valence-corrected chi connectivity index (χ4v) is 9.71. The Kier molecular flexibility index (Phi) is 6.54. The Balaban J connectivity index is 0.000000882. The minimum atomic E-state index is -0.566. The molecule has 0 N–H and O–H groups in total. The molecule has 0 fully saturated rings. The zero-order valence-electron chi connectivity index (χ0n) is 11.9. The second kappa shape index (κ2) is 7.98. The van der Waals surface area contributed by atoms with E-state index < -0.39 is 23.2 Å². The van der Waals surface area contributed by atoms with Crippen LogP contribution in [0.3, 0.4) is 0 Å². The van der Waals surface area contributed by atoms with Crippen LogP contribution in [-0.2, 0) is 23.2 Å². The van der Waals surface area contributed by atoms with Gasteiger partial charge in [0.1, 0.15) is 0 Å². The molecule has 1 aromatic heterocycles. The van der Waals surface area contributed by atoms with Crippen LogP contribution in [0.1, 0.15) is 21.2 Å². The van der Waals surface area contributed by atoms with E-state index in [2.05, 4.69) is 72.3 Å². The van der Waals surface area contributed by atoms with Gasteiger partial charge in [-0.1, -0.05) is 0 Å². The van der Waals surface area contributed by atoms with Crippen molar-refractivity contribution < 1.29 is 48.0 Å². The second-order valence-corrected chi connectivity index (χ2v) is 10.8. The summed E-state index contributed by atoms with van der Waals surface area (Å²) in [6, 6.07) is 13.4. The minimum Gasteiger partial charge on any atom is -1.00 e. The molecule has 0 saturated heterocycles. The van der Waals surface area contributed by atoms with Gasteiger partial charge in [-0.15, -0.1) is 0 Å². The van der Waals surface area contributed by atoms with Crippen LogP contribution in [0, 0.1) is 0 Å². The average molecular weight is 424 g/mol. The molecule has 0 nitrogen and oxygen atoms in total. The van der Waals surface area contributed by atoms with Gasteiger partial charge in [0.05, 0.1) is 0 Å². The molecular weight excluding hydrogens is 409 g/mol. The van der Waals surface area contributed by atoms with Gasteiger partial charge in [-0.3, -0.25) is 0 Å². The van der Waals surface area contributed by atoms with Crippen molar-refractivity contribution in [2.45, 2.75) is 10.0 Å². The van der Waals surface area contributed by atoms with Crippen LogP contribution in [0.5, 0.6) is 0 Å². The Hall–Kier alpha value is -0.317. The Morgan fingerprint density at radius 1 is 1.00 bits per heavy atom. The Morgan fingerprint density at radius 3 is 2.50 bits per heavy atom. The predicted octanol–water partition coefficient (Wildman–Crippen LogP) is -0.340. The van der Waals surface area contributed by atoms with Crippen molar-refractivity contribution in [2.24, 2.45) is 0 Å². The van der Waals surface area contributed by atoms with Crippen molar-refractivity contribution in [3.8, 4) is 0 Å². The quantitative estimate of drug-likeness (QED) is 0.633. The summed E-state index contributed by atoms with van der Waals surface area (Å²) in [4.78, 5) is 0. The van der Waals surface area contributed by atoms with Crippen LogP contribution in [0.2, 0.25) is 0 Å². The predicted molar refractivity (Wildman–Crippen MR) is 84.3 cm³/mol. The first-order chi connectivity index (χ1) is 9.92. The van der Waals surface area contributed by atoms with Gasteiger partial charge >= 0.3 is 133 Å². The normalized spacial score (nSPS) is 17.7. The molecule has 0 radical (unpaired) electrons. The van der Waals surface area contributed by atoms with Gasteiger partial charge in [-0.05, 0) is 0 Å². The zero-order chi connectivity index (χ0) is 13.4. The minimum absolute atomic E-state index is 0. The summed E-state index contributed by atoms with van der Waals surface area (Å²) in [5.74, 6) is 4.81. The second-order valence-electron chi connectivity index (χ2n) is 5.19. The maximum Gasteiger partial charge on any atom is -1.00 e. The standard InChI is InChI=1S/C13H10P.C5H5.2ClH.Zr/c1-2-6-12-10-13(9-11(12)5-1)14-7-3-4-8-14;1-2-4-5-3-1;;;/h1-10H;1-3H,4H2;2*1H;/q;;;;+2/p-2. The summed E-state index contributed by atoms with van der Waals surface area (Å²) in [6.07, 6.45) is 10.6. The molecule has 0 aliphatic heterocycles. The summed E-state index contributed by atoms with van der Waals surface area (Å²) in [6.45, 7) is 0. The van der Waals surface area contributed by atoms with E-state index in [0.29, 0.717) is 0 Å². The van der Waals surface area contributed by atoms with E-state index in [4.69, 9.17) is 0 Å². The average Bonchev–Trinajstić information content (AvgIpc) is 3.19. The number of halogens is 2. The van der Waals surface area contributed by atoms with Crippen molar-refractivity contribution in [3.63, 3.8) is 0 Å². The van der Waals surface area contributed by atoms with Crippen LogP contribution >= 0.6 is 7.53 Å². The maximum atomic E-state index is 2.48. The summed E-state index contributed by atoms with van der Waals surface area (Å²) < 4.78 is 2.49. The van der Waals surface area contributed by atoms with Gasteiger partial charge in [0.25, 0.3) is 0 Å². The molecular formula is C18H15Cl2PZr. The van der Waals surface area contributed by atoms with Crippen LogP contribution in [-0.4, -0.2) is 0 Å². The Labute approximate surface area is 156 Å². The fraction of sp³-hybridized carbons (Fsp3) is 0.111. The third-order valence-corrected chi connectivity index (χ3v) is 10.5. The first-order valence-electron chi connectivity index (χ1n) is 6.98. The van der Waals surface area contributed by atoms with E-state index in [1.807, 2.05) is 0 Å². The van der Waals surface area contributed by atoms with E-state index in [9.17, 15) is 0 Å². The first-order valence-corrected chi connectivity index (χ1v) is 11.1. The molecule has 2 aliphatic rings. The molecule has 0 bridgehead atoms. The topological polar surface area (TPSA) is 0 Å². The molecule has 1 unspecified atom stereocenters. The van der Waals surface area contributed by atoms with Gasteiger partial charge in [-0.25, -0.2) is 0 Å². The SMILES string of the molecule is C1=CC[C]([Zr+2][CH]2C(p3cccc3)=Cc3ccccc32)=C1.[Cl-].[Cl-]. The number of hydrogen-bond donors (Lipinski definition) is 0. The van der Waals surface area contributed by atoms with Crippen LogP contribution in [0.15, 0.2) is 69.5 Å². The summed E-state index contributed by atoms with van der Waals surface area (Å²) in [5.41, 5.74) is 3.06. The van der Waals surface area contributed by atoms with Gasteiger partial charge in [0, 0.05) is 0 Å². The van der Waals surface area contributed by atoms with E-state index in [-0.39, 0.29) is 32.3 Å². The van der Waals surface area contributed by atoms with Crippen molar-refractivity contribution in [3.05, 3.63) is 80.6 Å². The summed E-state index contributed by atoms with van der Waals surface area (Å²) in [7, 11) is -0.157. The molecule has 0 amide bonds. The fourth-order valence-electron chi connectivity index (χ4n) is 2.93. The Morgan fingerprint density at radius 2 is 1.77 bits per heavy atom. The van der Waals surface area contributed by atoms with Gasteiger partial charge < -0.3 is 24.8 Å². The van der Waals surface area contributed by atoms with Crippen molar-refractivity contribution >= 4 is 18.9 Å². The molecule has 2 aliphatic carbocycles. The first kappa shape index (κ1) is 18.0. The number of rotatable bonds is 3. The smallest absolute Gasteiger partial charge is 1.00 e. The van der Waals surface area contributed by atoms with E-state index >= 15 is 0 Å². The molecule has 1 heterocycles. The van der Waals surface area contributed by atoms with Crippen LogP contribution < -0.4 is 24.8 Å². The van der Waals surface area contributed by atoms with Gasteiger partial charge in [0.15, 0.2) is 0 Å². The van der Waals surface area contributed by atoms with Crippen molar-refractivity contribution in [1.82, 2.24) is 0 Å². The molecule has 0 saturated carbocycles. The largest absolute Gasteiger partial charge is 1.00 e. The van der Waals surface area contributed by atoms with Gasteiger partial charge in [-0.2, -0.15) is 0 Å². The summed E-state index contributed by atoms with van der Waals surface area (Å²) >= 11 is -0.566. The van der Waals surface area contributed by atoms with E-state index in [0.717, 1.165) is 3.63 Å². The Bertz CT molecular complexity index is 729. The number of benzene rings is 1. The number of fused-ring (bicyclic) bond motifs is 1. The maximum absolute atomic E-state index is 2.48. The third kappa shape index (κ3) is 3.44. The molecule has 4 rings (SSSR count). The third-order valence-electron chi connectivity index (χ3n) is 3.91. The molecule has 22 heavy (non-hydrogen) atoms. The number of allylic oxidation sites excluding steroid dienone is 5. The summed E-state index contributed by atoms with van der Waals surface area (Å²) in [5, 5.41) is 1.70. The van der Waals surface area contributed by atoms with E-state index in [1.54, 1.807) is 14.2 Å². The molecule has 110 valence electrons. The van der Waals surface area contributed by atoms with Crippen LogP contribution in [0.25, 0.3) is 11.4 Å². The number of hydrogen-bond acceptors (Lipinski definition) is 0. The molecule has 4 heteroatoms. The monoisotopic (exact) mass is 422 g/mol.